The van der Waals surface area contributed by atoms with E-state index in [9.17, 15) is 23.1 Å². The van der Waals surface area contributed by atoms with Gasteiger partial charge in [-0.2, -0.15) is 13.2 Å². The summed E-state index contributed by atoms with van der Waals surface area (Å²) < 4.78 is 36.7. The third-order valence-electron chi connectivity index (χ3n) is 1.70. The molecule has 1 aromatic carbocycles. The Morgan fingerprint density at radius 2 is 1.64 bits per heavy atom. The van der Waals surface area contributed by atoms with E-state index in [1.807, 2.05) is 0 Å². The molecular formula is C9H6F3O2. The molecule has 0 amide bonds. The zero-order valence-electron chi connectivity index (χ0n) is 6.91. The van der Waals surface area contributed by atoms with Gasteiger partial charge < -0.3 is 0 Å². The van der Waals surface area contributed by atoms with Crippen molar-refractivity contribution in [2.24, 2.45) is 0 Å². The van der Waals surface area contributed by atoms with Gasteiger partial charge in [0.25, 0.3) is 0 Å². The van der Waals surface area contributed by atoms with Crippen molar-refractivity contribution in [1.82, 2.24) is 0 Å². The maximum absolute atomic E-state index is 12.2. The summed E-state index contributed by atoms with van der Waals surface area (Å²) in [6.07, 6.45) is -4.82. The maximum atomic E-state index is 12.2. The average molecular weight is 203 g/mol. The molecule has 2 nitrogen and oxygen atoms in total. The third kappa shape index (κ3) is 2.25. The highest BCUT2D eigenvalue weighted by molar-refractivity contribution is 5.76. The summed E-state index contributed by atoms with van der Waals surface area (Å²) in [5.41, 5.74) is -0.319. The van der Waals surface area contributed by atoms with Gasteiger partial charge in [-0.25, -0.2) is 9.90 Å². The number of hydrogen-bond acceptors (Lipinski definition) is 1. The van der Waals surface area contributed by atoms with Crippen LogP contribution in [-0.2, 0) is 9.90 Å². The van der Waals surface area contributed by atoms with Crippen molar-refractivity contribution < 1.29 is 23.1 Å². The second-order valence-corrected chi connectivity index (χ2v) is 2.70. The highest BCUT2D eigenvalue weighted by Crippen LogP contribution is 2.34. The van der Waals surface area contributed by atoms with Crippen molar-refractivity contribution in [2.45, 2.75) is 12.1 Å². The number of rotatable bonds is 2. The molecule has 0 saturated heterocycles. The molecule has 0 N–H and O–H groups in total. The van der Waals surface area contributed by atoms with Crippen LogP contribution in [0.25, 0.3) is 0 Å². The van der Waals surface area contributed by atoms with E-state index in [0.29, 0.717) is 0 Å². The van der Waals surface area contributed by atoms with E-state index in [1.165, 1.54) is 18.2 Å². The molecule has 5 heteroatoms. The molecule has 0 saturated carbocycles. The highest BCUT2D eigenvalue weighted by atomic mass is 19.4. The molecule has 1 aromatic rings. The van der Waals surface area contributed by atoms with Crippen LogP contribution in [-0.4, -0.2) is 12.1 Å². The molecule has 0 fully saturated rings. The lowest BCUT2D eigenvalue weighted by atomic mass is 9.99. The first-order chi connectivity index (χ1) is 6.43. The summed E-state index contributed by atoms with van der Waals surface area (Å²) in [4.78, 5) is 10.3. The monoisotopic (exact) mass is 203 g/mol. The molecule has 0 aromatic heterocycles. The number of benzene rings is 1. The van der Waals surface area contributed by atoms with Crippen LogP contribution in [0.15, 0.2) is 30.3 Å². The number of hydrogen-bond donors (Lipinski definition) is 0. The van der Waals surface area contributed by atoms with Gasteiger partial charge in [0.15, 0.2) is 5.92 Å². The first kappa shape index (κ1) is 10.6. The summed E-state index contributed by atoms with van der Waals surface area (Å²) in [5, 5.41) is 10.3. The van der Waals surface area contributed by atoms with Crippen LogP contribution in [0.5, 0.6) is 0 Å². The number of carbonyl (C=O) groups excluding carboxylic acids is 1. The Labute approximate surface area is 78.0 Å². The van der Waals surface area contributed by atoms with Crippen LogP contribution < -0.4 is 0 Å². The van der Waals surface area contributed by atoms with Gasteiger partial charge in [0, 0.05) is 0 Å². The SMILES string of the molecule is [O]C(=O)C(c1ccccc1)C(F)(F)F. The number of carbonyl (C=O) groups is 1. The fraction of sp³-hybridized carbons (Fsp3) is 0.222. The van der Waals surface area contributed by atoms with Crippen molar-refractivity contribution in [3.05, 3.63) is 35.9 Å². The van der Waals surface area contributed by atoms with Crippen LogP contribution in [0, 0.1) is 0 Å². The van der Waals surface area contributed by atoms with Crippen LogP contribution in [0.1, 0.15) is 11.5 Å². The molecule has 0 spiro atoms. The lowest BCUT2D eigenvalue weighted by molar-refractivity contribution is -0.181. The Hall–Kier alpha value is -1.52. The van der Waals surface area contributed by atoms with E-state index in [4.69, 9.17) is 0 Å². The summed E-state index contributed by atoms with van der Waals surface area (Å²) in [5.74, 6) is -4.69. The Morgan fingerprint density at radius 3 is 2.00 bits per heavy atom. The lowest BCUT2D eigenvalue weighted by Crippen LogP contribution is -2.27. The van der Waals surface area contributed by atoms with Crippen molar-refractivity contribution in [2.75, 3.05) is 0 Å². The van der Waals surface area contributed by atoms with Gasteiger partial charge in [0.05, 0.1) is 0 Å². The maximum Gasteiger partial charge on any atom is 0.406 e. The quantitative estimate of drug-likeness (QED) is 0.726. The van der Waals surface area contributed by atoms with Gasteiger partial charge in [0.1, 0.15) is 0 Å². The molecule has 0 heterocycles. The molecular weight excluding hydrogens is 197 g/mol. The van der Waals surface area contributed by atoms with Crippen LogP contribution in [0.3, 0.4) is 0 Å². The molecule has 1 rings (SSSR count). The van der Waals surface area contributed by atoms with E-state index < -0.39 is 18.1 Å². The minimum atomic E-state index is -4.82. The third-order valence-corrected chi connectivity index (χ3v) is 1.70. The second-order valence-electron chi connectivity index (χ2n) is 2.70. The fourth-order valence-electron chi connectivity index (χ4n) is 1.10. The summed E-state index contributed by atoms with van der Waals surface area (Å²) >= 11 is 0. The van der Waals surface area contributed by atoms with Gasteiger partial charge in [-0.3, -0.25) is 0 Å². The molecule has 1 unspecified atom stereocenters. The van der Waals surface area contributed by atoms with Crippen molar-refractivity contribution >= 4 is 5.97 Å². The van der Waals surface area contributed by atoms with E-state index >= 15 is 0 Å². The Balaban J connectivity index is 3.08. The summed E-state index contributed by atoms with van der Waals surface area (Å²) in [7, 11) is 0. The smallest absolute Gasteiger partial charge is 0.246 e. The van der Waals surface area contributed by atoms with Crippen molar-refractivity contribution in [1.29, 1.82) is 0 Å². The number of alkyl halides is 3. The molecule has 0 aliphatic heterocycles. The predicted octanol–water partition coefficient (Wildman–Crippen LogP) is 2.29. The van der Waals surface area contributed by atoms with Gasteiger partial charge in [-0.15, -0.1) is 0 Å². The Bertz CT molecular complexity index is 319. The average Bonchev–Trinajstić information content (AvgIpc) is 2.02. The van der Waals surface area contributed by atoms with E-state index in [2.05, 4.69) is 0 Å². The minimum Gasteiger partial charge on any atom is -0.246 e. The van der Waals surface area contributed by atoms with Crippen LogP contribution >= 0.6 is 0 Å². The molecule has 1 atom stereocenters. The summed E-state index contributed by atoms with van der Waals surface area (Å²) in [6, 6.07) is 6.40. The Kier molecular flexibility index (Phi) is 2.78. The Morgan fingerprint density at radius 1 is 1.14 bits per heavy atom. The molecule has 0 aliphatic rings. The van der Waals surface area contributed by atoms with Crippen molar-refractivity contribution in [3.8, 4) is 0 Å². The molecule has 14 heavy (non-hydrogen) atoms. The van der Waals surface area contributed by atoms with Crippen LogP contribution in [0.4, 0.5) is 13.2 Å². The van der Waals surface area contributed by atoms with Gasteiger partial charge in [0.2, 0.25) is 0 Å². The first-order valence-corrected chi connectivity index (χ1v) is 3.75. The molecule has 0 aliphatic carbocycles. The van der Waals surface area contributed by atoms with Gasteiger partial charge >= 0.3 is 12.1 Å². The van der Waals surface area contributed by atoms with Gasteiger partial charge in [-0.1, -0.05) is 30.3 Å². The first-order valence-electron chi connectivity index (χ1n) is 3.75. The van der Waals surface area contributed by atoms with Crippen molar-refractivity contribution in [3.63, 3.8) is 0 Å². The molecule has 1 radical (unpaired) electrons. The largest absolute Gasteiger partial charge is 0.406 e. The fourth-order valence-corrected chi connectivity index (χ4v) is 1.10. The summed E-state index contributed by atoms with van der Waals surface area (Å²) in [6.45, 7) is 0. The normalized spacial score (nSPS) is 13.6. The highest BCUT2D eigenvalue weighted by Gasteiger charge is 2.47. The molecule has 0 bridgehead atoms. The topological polar surface area (TPSA) is 37.0 Å². The molecule has 75 valence electrons. The standard InChI is InChI=1S/C9H6F3O2/c10-9(11,12)7(8(13)14)6-4-2-1-3-5-6/h1-5,7H. The van der Waals surface area contributed by atoms with E-state index in [-0.39, 0.29) is 5.56 Å². The zero-order valence-corrected chi connectivity index (χ0v) is 6.91. The van der Waals surface area contributed by atoms with E-state index in [0.717, 1.165) is 12.1 Å². The zero-order chi connectivity index (χ0) is 10.8. The van der Waals surface area contributed by atoms with Crippen LogP contribution in [0.2, 0.25) is 0 Å². The second kappa shape index (κ2) is 3.69. The number of halogens is 3. The predicted molar refractivity (Wildman–Crippen MR) is 40.9 cm³/mol. The van der Waals surface area contributed by atoms with E-state index in [1.54, 1.807) is 0 Å². The lowest BCUT2D eigenvalue weighted by Gasteiger charge is -2.14. The minimum absolute atomic E-state index is 0.319. The van der Waals surface area contributed by atoms with Gasteiger partial charge in [-0.05, 0) is 5.56 Å².